The van der Waals surface area contributed by atoms with Gasteiger partial charge in [-0.3, -0.25) is 9.78 Å². The van der Waals surface area contributed by atoms with Crippen molar-refractivity contribution in [2.45, 2.75) is 0 Å². The molecule has 3 rings (SSSR count). The van der Waals surface area contributed by atoms with E-state index in [2.05, 4.69) is 24.9 Å². The van der Waals surface area contributed by atoms with Gasteiger partial charge in [0.05, 0.1) is 11.9 Å². The van der Waals surface area contributed by atoms with Crippen molar-refractivity contribution >= 4 is 38.5 Å². The molecule has 0 aliphatic rings. The van der Waals surface area contributed by atoms with E-state index in [9.17, 15) is 4.79 Å². The number of aromatic nitrogens is 5. The monoisotopic (exact) mass is 453 g/mol. The van der Waals surface area contributed by atoms with Crippen LogP contribution in [0, 0.1) is 0 Å². The lowest BCUT2D eigenvalue weighted by Gasteiger charge is -1.89. The fraction of sp³-hybridized carbons (Fsp3) is 0. The van der Waals surface area contributed by atoms with Gasteiger partial charge in [0, 0.05) is 12.4 Å². The van der Waals surface area contributed by atoms with Crippen LogP contribution in [0.15, 0.2) is 37.2 Å². The molecule has 160 valence electrons. The second-order valence-corrected chi connectivity index (χ2v) is 6.55. The number of pyridine rings is 1. The highest BCUT2D eigenvalue weighted by Crippen LogP contribution is 2.26. The van der Waals surface area contributed by atoms with E-state index in [1.165, 1.54) is 18.9 Å². The van der Waals surface area contributed by atoms with Crippen LogP contribution in [-0.4, -0.2) is 60.2 Å². The molecule has 16 nitrogen and oxygen atoms in total. The van der Waals surface area contributed by atoms with Crippen molar-refractivity contribution in [2.75, 3.05) is 5.73 Å². The van der Waals surface area contributed by atoms with E-state index in [4.69, 9.17) is 50.0 Å². The Hall–Kier alpha value is -2.81. The van der Waals surface area contributed by atoms with Gasteiger partial charge in [0.15, 0.2) is 11.5 Å². The number of nitrogens with two attached hydrogens (primary N) is 2. The first-order valence-corrected chi connectivity index (χ1v) is 9.97. The van der Waals surface area contributed by atoms with E-state index in [1.54, 1.807) is 18.3 Å². The van der Waals surface area contributed by atoms with Crippen LogP contribution in [-0.2, 0) is 9.13 Å². The predicted octanol–water partition coefficient (Wildman–Crippen LogP) is -1.74. The summed E-state index contributed by atoms with van der Waals surface area (Å²) in [6.07, 6.45) is 5.95. The molecule has 0 bridgehead atoms. The molecule has 3 heterocycles. The number of nitrogen functional groups attached to an aromatic ring is 1. The number of H-pyrrole nitrogens is 1. The molecule has 0 aliphatic carbocycles. The highest BCUT2D eigenvalue weighted by atomic mass is 31.2. The van der Waals surface area contributed by atoms with Crippen LogP contribution in [0.2, 0.25) is 0 Å². The number of imidazole rings is 1. The summed E-state index contributed by atoms with van der Waals surface area (Å²) in [7, 11) is -9.28. The maximum absolute atomic E-state index is 10.4. The molecule has 0 saturated carbocycles. The average Bonchev–Trinajstić information content (AvgIpc) is 3.03. The minimum absolute atomic E-state index is 0.433. The summed E-state index contributed by atoms with van der Waals surface area (Å²) in [6.45, 7) is 0. The van der Waals surface area contributed by atoms with E-state index in [0.717, 1.165) is 0 Å². The topological polar surface area (TPSA) is 292 Å². The lowest BCUT2D eigenvalue weighted by atomic mass is 10.3. The maximum Gasteiger partial charge on any atom is 0.466 e. The number of aromatic amines is 1. The predicted molar refractivity (Wildman–Crippen MR) is 97.4 cm³/mol. The van der Waals surface area contributed by atoms with E-state index in [0.29, 0.717) is 22.5 Å². The third kappa shape index (κ3) is 15.9. The fourth-order valence-electron chi connectivity index (χ4n) is 1.29. The number of carbonyl (C=O) groups is 1. The average molecular weight is 453 g/mol. The number of fused-ring (bicyclic) bond motifs is 1. The number of rotatable bonds is 1. The van der Waals surface area contributed by atoms with Gasteiger partial charge >= 0.3 is 15.6 Å². The Bertz CT molecular complexity index is 952. The van der Waals surface area contributed by atoms with E-state index in [-0.39, 0.29) is 0 Å². The standard InChI is InChI=1S/C6H6N2O.C5H5N5.2H3O4P/c7-6(9)5-2-1-3-8-4-5;6-4-3-5(9-1-7-3)10-2-8-4;2*1-5(2,3)4/h1-4H,(H2,7,9);1-2H,(H3,6,7,8,9,10);2*(H3,1,2,3,4). The first-order valence-electron chi connectivity index (χ1n) is 6.84. The van der Waals surface area contributed by atoms with Crippen molar-refractivity contribution in [1.82, 2.24) is 24.9 Å². The highest BCUT2D eigenvalue weighted by Gasteiger charge is 2.01. The minimum Gasteiger partial charge on any atom is -0.382 e. The molecule has 0 aliphatic heterocycles. The third-order valence-electron chi connectivity index (χ3n) is 2.20. The summed E-state index contributed by atoms with van der Waals surface area (Å²) in [5.74, 6) is -0.00870. The van der Waals surface area contributed by atoms with Crippen molar-refractivity contribution in [1.29, 1.82) is 0 Å². The molecule has 0 atom stereocenters. The SMILES string of the molecule is NC(=O)c1cccnc1.Nc1ncnc2nc[nH]c12.O=P(O)(O)O.O=P(O)(O)O. The van der Waals surface area contributed by atoms with Crippen LogP contribution >= 0.6 is 15.6 Å². The third-order valence-corrected chi connectivity index (χ3v) is 2.20. The molecule has 29 heavy (non-hydrogen) atoms. The van der Waals surface area contributed by atoms with E-state index < -0.39 is 21.6 Å². The molecule has 3 aromatic rings. The summed E-state index contributed by atoms with van der Waals surface area (Å²) >= 11 is 0. The van der Waals surface area contributed by atoms with Crippen LogP contribution in [0.25, 0.3) is 11.2 Å². The first kappa shape index (κ1) is 26.2. The minimum atomic E-state index is -4.64. The lowest BCUT2D eigenvalue weighted by molar-refractivity contribution is 0.0999. The molecule has 0 radical (unpaired) electrons. The molecule has 0 spiro atoms. The van der Waals surface area contributed by atoms with Crippen molar-refractivity contribution in [3.63, 3.8) is 0 Å². The first-order chi connectivity index (χ1) is 13.2. The Morgan fingerprint density at radius 3 is 1.93 bits per heavy atom. The lowest BCUT2D eigenvalue weighted by Crippen LogP contribution is -2.10. The van der Waals surface area contributed by atoms with Gasteiger partial charge < -0.3 is 45.8 Å². The number of carbonyl (C=O) groups excluding carboxylic acids is 1. The van der Waals surface area contributed by atoms with Gasteiger partial charge in [0.2, 0.25) is 5.91 Å². The Balaban J connectivity index is 0.000000381. The van der Waals surface area contributed by atoms with Gasteiger partial charge in [-0.1, -0.05) is 0 Å². The Morgan fingerprint density at radius 1 is 1.00 bits per heavy atom. The Kier molecular flexibility index (Phi) is 10.7. The van der Waals surface area contributed by atoms with Crippen molar-refractivity contribution in [2.24, 2.45) is 5.73 Å². The molecule has 18 heteroatoms. The zero-order chi connectivity index (χ0) is 22.7. The van der Waals surface area contributed by atoms with Crippen LogP contribution < -0.4 is 11.5 Å². The molecule has 1 amide bonds. The molecule has 0 saturated heterocycles. The zero-order valence-corrected chi connectivity index (χ0v) is 16.0. The summed E-state index contributed by atoms with van der Waals surface area (Å²) < 4.78 is 17.8. The molecule has 11 N–H and O–H groups in total. The molecule has 0 aromatic carbocycles. The quantitative estimate of drug-likeness (QED) is 0.185. The largest absolute Gasteiger partial charge is 0.466 e. The van der Waals surface area contributed by atoms with Crippen LogP contribution in [0.4, 0.5) is 5.82 Å². The number of nitrogens with one attached hydrogen (secondary N) is 1. The number of hydrogen-bond acceptors (Lipinski definition) is 8. The number of hydrogen-bond donors (Lipinski definition) is 9. The van der Waals surface area contributed by atoms with E-state index in [1.807, 2.05) is 0 Å². The number of phosphoric acid groups is 2. The maximum atomic E-state index is 10.4. The van der Waals surface area contributed by atoms with Gasteiger partial charge in [0.25, 0.3) is 0 Å². The second-order valence-electron chi connectivity index (χ2n) is 4.49. The Labute approximate surface area is 161 Å². The smallest absolute Gasteiger partial charge is 0.382 e. The van der Waals surface area contributed by atoms with Gasteiger partial charge in [-0.25, -0.2) is 24.1 Å². The molecular formula is C11H17N7O9P2. The zero-order valence-electron chi connectivity index (χ0n) is 14.2. The summed E-state index contributed by atoms with van der Waals surface area (Å²) in [4.78, 5) is 71.6. The normalized spacial score (nSPS) is 10.4. The second kappa shape index (κ2) is 11.9. The van der Waals surface area contributed by atoms with Crippen LogP contribution in [0.1, 0.15) is 10.4 Å². The van der Waals surface area contributed by atoms with Gasteiger partial charge in [0.1, 0.15) is 11.8 Å². The van der Waals surface area contributed by atoms with Crippen LogP contribution in [0.5, 0.6) is 0 Å². The van der Waals surface area contributed by atoms with Gasteiger partial charge in [-0.15, -0.1) is 0 Å². The fourth-order valence-corrected chi connectivity index (χ4v) is 1.29. The number of nitrogens with zero attached hydrogens (tertiary/aromatic N) is 4. The Morgan fingerprint density at radius 2 is 1.55 bits per heavy atom. The number of primary amides is 1. The number of amides is 1. The van der Waals surface area contributed by atoms with Crippen LogP contribution in [0.3, 0.4) is 0 Å². The van der Waals surface area contributed by atoms with Crippen molar-refractivity contribution < 1.29 is 43.3 Å². The van der Waals surface area contributed by atoms with Gasteiger partial charge in [-0.05, 0) is 12.1 Å². The molecular weight excluding hydrogens is 436 g/mol. The summed E-state index contributed by atoms with van der Waals surface area (Å²) in [5, 5.41) is 0. The van der Waals surface area contributed by atoms with E-state index >= 15 is 0 Å². The van der Waals surface area contributed by atoms with Gasteiger partial charge in [-0.2, -0.15) is 0 Å². The summed E-state index contributed by atoms with van der Waals surface area (Å²) in [5.41, 5.74) is 12.2. The highest BCUT2D eigenvalue weighted by molar-refractivity contribution is 7.45. The molecule has 0 fully saturated rings. The van der Waals surface area contributed by atoms with Crippen molar-refractivity contribution in [3.8, 4) is 0 Å². The number of anilines is 1. The molecule has 0 unspecified atom stereocenters. The van der Waals surface area contributed by atoms with Crippen molar-refractivity contribution in [3.05, 3.63) is 42.7 Å². The summed E-state index contributed by atoms with van der Waals surface area (Å²) in [6, 6.07) is 3.29. The molecule has 3 aromatic heterocycles.